The van der Waals surface area contributed by atoms with Crippen LogP contribution in [0.25, 0.3) is 0 Å². The number of anilines is 1. The molecule has 1 atom stereocenters. The van der Waals surface area contributed by atoms with Gasteiger partial charge < -0.3 is 14.5 Å². The third-order valence-electron chi connectivity index (χ3n) is 6.77. The Morgan fingerprint density at radius 3 is 2.67 bits per heavy atom. The normalized spacial score (nSPS) is 15.9. The van der Waals surface area contributed by atoms with Crippen LogP contribution in [-0.4, -0.2) is 65.3 Å². The van der Waals surface area contributed by atoms with Crippen molar-refractivity contribution in [3.05, 3.63) is 64.5 Å². The molecule has 3 aromatic rings. The molecule has 3 heterocycles. The summed E-state index contributed by atoms with van der Waals surface area (Å²) in [6.45, 7) is 13.4. The van der Waals surface area contributed by atoms with Gasteiger partial charge in [0.25, 0.3) is 11.8 Å². The first-order valence-corrected chi connectivity index (χ1v) is 15.5. The Kier molecular flexibility index (Phi) is 9.37. The van der Waals surface area contributed by atoms with Crippen molar-refractivity contribution < 1.29 is 19.1 Å². The number of benzene rings is 1. The smallest absolute Gasteiger partial charge is 0.258 e. The molecule has 1 aliphatic rings. The molecule has 0 radical (unpaired) electrons. The van der Waals surface area contributed by atoms with Gasteiger partial charge >= 0.3 is 0 Å². The lowest BCUT2D eigenvalue weighted by molar-refractivity contribution is -0.130. The Bertz CT molecular complexity index is 1390. The van der Waals surface area contributed by atoms with E-state index in [0.29, 0.717) is 48.1 Å². The fourth-order valence-electron chi connectivity index (χ4n) is 4.61. The molecule has 212 valence electrons. The lowest BCUT2D eigenvalue weighted by Crippen LogP contribution is -2.51. The van der Waals surface area contributed by atoms with Gasteiger partial charge in [0.2, 0.25) is 5.91 Å². The second-order valence-corrected chi connectivity index (χ2v) is 13.7. The van der Waals surface area contributed by atoms with Crippen LogP contribution in [-0.2, 0) is 4.79 Å². The molecule has 1 N–H and O–H groups in total. The minimum Gasteiger partial charge on any atom is -0.496 e. The number of carbonyl (C=O) groups is 3. The highest BCUT2D eigenvalue weighted by atomic mass is 32.2. The largest absolute Gasteiger partial charge is 0.496 e. The molecule has 0 aliphatic carbocycles. The predicted octanol–water partition coefficient (Wildman–Crippen LogP) is 6.20. The average Bonchev–Trinajstić information content (AvgIpc) is 3.56. The quantitative estimate of drug-likeness (QED) is 0.326. The van der Waals surface area contributed by atoms with Gasteiger partial charge in [-0.15, -0.1) is 0 Å². The predicted molar refractivity (Wildman–Crippen MR) is 162 cm³/mol. The molecule has 1 aromatic carbocycles. The van der Waals surface area contributed by atoms with Crippen molar-refractivity contribution in [2.45, 2.75) is 49.3 Å². The molecule has 1 aliphatic heterocycles. The van der Waals surface area contributed by atoms with E-state index in [1.165, 1.54) is 40.5 Å². The minimum atomic E-state index is -0.233. The number of thiazole rings is 1. The topological polar surface area (TPSA) is 91.8 Å². The molecule has 3 amide bonds. The molecule has 1 saturated heterocycles. The fraction of sp³-hybridized carbons (Fsp3) is 0.379. The van der Waals surface area contributed by atoms with Crippen molar-refractivity contribution in [3.63, 3.8) is 0 Å². The van der Waals surface area contributed by atoms with Crippen LogP contribution in [0.4, 0.5) is 5.13 Å². The first-order valence-electron chi connectivity index (χ1n) is 12.9. The summed E-state index contributed by atoms with van der Waals surface area (Å²) < 4.78 is 6.52. The number of aromatic nitrogens is 1. The summed E-state index contributed by atoms with van der Waals surface area (Å²) in [6, 6.07) is 5.36. The molecule has 0 bridgehead atoms. The maximum atomic E-state index is 14.0. The van der Waals surface area contributed by atoms with Crippen LogP contribution in [0.1, 0.15) is 53.5 Å². The number of nitrogens with zero attached hydrogens (tertiary/aromatic N) is 3. The van der Waals surface area contributed by atoms with Crippen molar-refractivity contribution in [2.24, 2.45) is 5.41 Å². The number of carbonyl (C=O) groups excluding carboxylic acids is 3. The molecule has 1 fully saturated rings. The van der Waals surface area contributed by atoms with Crippen molar-refractivity contribution in [1.82, 2.24) is 14.8 Å². The van der Waals surface area contributed by atoms with Gasteiger partial charge in [0.05, 0.1) is 34.7 Å². The Hall–Kier alpha value is -3.15. The van der Waals surface area contributed by atoms with Gasteiger partial charge in [-0.3, -0.25) is 19.7 Å². The van der Waals surface area contributed by atoms with Crippen molar-refractivity contribution >= 4 is 57.3 Å². The second-order valence-electron chi connectivity index (χ2n) is 10.6. The summed E-state index contributed by atoms with van der Waals surface area (Å²) in [5.74, 6) is 0.0700. The summed E-state index contributed by atoms with van der Waals surface area (Å²) in [5.41, 5.74) is 1.80. The fourth-order valence-corrected chi connectivity index (χ4v) is 7.18. The molecule has 4 rings (SSSR count). The lowest BCUT2D eigenvalue weighted by Gasteiger charge is -2.40. The number of ether oxygens (including phenoxy) is 1. The van der Waals surface area contributed by atoms with E-state index in [4.69, 9.17) is 4.74 Å². The minimum absolute atomic E-state index is 0.115. The van der Waals surface area contributed by atoms with Crippen molar-refractivity contribution in [2.75, 3.05) is 32.1 Å². The van der Waals surface area contributed by atoms with E-state index in [9.17, 15) is 14.4 Å². The maximum absolute atomic E-state index is 14.0. The van der Waals surface area contributed by atoms with Crippen LogP contribution < -0.4 is 10.1 Å². The molecular formula is C29H34N4O4S3. The van der Waals surface area contributed by atoms with E-state index in [2.05, 4.69) is 37.7 Å². The number of methoxy groups -OCH3 is 1. The van der Waals surface area contributed by atoms with E-state index in [0.717, 1.165) is 14.7 Å². The highest BCUT2D eigenvalue weighted by Gasteiger charge is 2.37. The average molecular weight is 599 g/mol. The number of hydrogen-bond donors (Lipinski definition) is 1. The molecule has 0 unspecified atom stereocenters. The zero-order chi connectivity index (χ0) is 29.0. The summed E-state index contributed by atoms with van der Waals surface area (Å²) in [5, 5.41) is 7.00. The van der Waals surface area contributed by atoms with E-state index in [1.807, 2.05) is 34.2 Å². The maximum Gasteiger partial charge on any atom is 0.258 e. The summed E-state index contributed by atoms with van der Waals surface area (Å²) in [6.07, 6.45) is 3.74. The van der Waals surface area contributed by atoms with E-state index in [-0.39, 0.29) is 29.2 Å². The number of hydrogen-bond acceptors (Lipinski definition) is 8. The van der Waals surface area contributed by atoms with Gasteiger partial charge in [0, 0.05) is 29.9 Å². The van der Waals surface area contributed by atoms with Crippen LogP contribution in [0, 0.1) is 12.3 Å². The second kappa shape index (κ2) is 12.6. The van der Waals surface area contributed by atoms with Gasteiger partial charge in [-0.25, -0.2) is 4.98 Å². The summed E-state index contributed by atoms with van der Waals surface area (Å²) in [7, 11) is 1.56. The van der Waals surface area contributed by atoms with Gasteiger partial charge in [-0.1, -0.05) is 50.4 Å². The van der Waals surface area contributed by atoms with Gasteiger partial charge in [0.1, 0.15) is 5.75 Å². The Balaban J connectivity index is 1.57. The van der Waals surface area contributed by atoms with Crippen molar-refractivity contribution in [1.29, 1.82) is 0 Å². The summed E-state index contributed by atoms with van der Waals surface area (Å²) in [4.78, 5) is 47.9. The Labute approximate surface area is 247 Å². The monoisotopic (exact) mass is 598 g/mol. The first kappa shape index (κ1) is 29.8. The Morgan fingerprint density at radius 2 is 2.02 bits per heavy atom. The zero-order valence-corrected chi connectivity index (χ0v) is 25.8. The molecule has 11 heteroatoms. The molecular weight excluding hydrogens is 565 g/mol. The van der Waals surface area contributed by atoms with Crippen LogP contribution in [0.2, 0.25) is 0 Å². The zero-order valence-electron chi connectivity index (χ0n) is 23.4. The molecule has 8 nitrogen and oxygen atoms in total. The van der Waals surface area contributed by atoms with Gasteiger partial charge in [0.15, 0.2) is 5.13 Å². The molecule has 40 heavy (non-hydrogen) atoms. The standard InChI is InChI=1S/C29H34N4O4S3/c1-7-24(34)33-11-8-10-32(16-23(33)29(3,4)5)27(36)20-14-22(18(2)13-21(20)37-6)39-25-15-30-28(40-25)31-26(35)19-9-12-38-17-19/h7,9,12-15,17,23H,1,8,10-11,16H2,2-6H3,(H,30,31,35)/t23-/m0/s1. The number of nitrogens with one attached hydrogen (secondary N) is 1. The highest BCUT2D eigenvalue weighted by molar-refractivity contribution is 8.01. The number of aryl methyl sites for hydroxylation is 1. The molecule has 0 saturated carbocycles. The third kappa shape index (κ3) is 6.76. The van der Waals surface area contributed by atoms with Crippen LogP contribution >= 0.6 is 34.4 Å². The van der Waals surface area contributed by atoms with Crippen molar-refractivity contribution in [3.8, 4) is 5.75 Å². The number of thiophene rings is 1. The summed E-state index contributed by atoms with van der Waals surface area (Å²) >= 11 is 4.33. The van der Waals surface area contributed by atoms with Gasteiger partial charge in [-0.2, -0.15) is 11.3 Å². The van der Waals surface area contributed by atoms with E-state index < -0.39 is 0 Å². The highest BCUT2D eigenvalue weighted by Crippen LogP contribution is 2.39. The Morgan fingerprint density at radius 1 is 1.25 bits per heavy atom. The van der Waals surface area contributed by atoms with E-state index >= 15 is 0 Å². The molecule has 2 aromatic heterocycles. The van der Waals surface area contributed by atoms with Gasteiger partial charge in [-0.05, 0) is 54.0 Å². The first-order chi connectivity index (χ1) is 19.0. The molecule has 0 spiro atoms. The third-order valence-corrected chi connectivity index (χ3v) is 9.62. The van der Waals surface area contributed by atoms with Crippen LogP contribution in [0.5, 0.6) is 5.75 Å². The SMILES string of the molecule is C=CC(=O)N1CCCN(C(=O)c2cc(Sc3cnc(NC(=O)c4ccsc4)s3)c(C)cc2OC)C[C@H]1C(C)(C)C. The number of rotatable bonds is 7. The van der Waals surface area contributed by atoms with Crippen LogP contribution in [0.15, 0.2) is 56.9 Å². The lowest BCUT2D eigenvalue weighted by atomic mass is 9.85. The van der Waals surface area contributed by atoms with E-state index in [1.54, 1.807) is 24.8 Å². The number of amides is 3. The van der Waals surface area contributed by atoms with Crippen LogP contribution in [0.3, 0.4) is 0 Å².